The van der Waals surface area contributed by atoms with E-state index in [4.69, 9.17) is 5.73 Å². The van der Waals surface area contributed by atoms with Crippen LogP contribution in [-0.4, -0.2) is 29.2 Å². The zero-order valence-electron chi connectivity index (χ0n) is 9.75. The number of rotatable bonds is 2. The first-order valence-corrected chi connectivity index (χ1v) is 5.18. The van der Waals surface area contributed by atoms with E-state index in [1.165, 1.54) is 0 Å². The van der Waals surface area contributed by atoms with E-state index >= 15 is 0 Å². The molecule has 1 aromatic carbocycles. The van der Waals surface area contributed by atoms with Crippen molar-refractivity contribution in [1.82, 2.24) is 9.97 Å². The lowest BCUT2D eigenvalue weighted by Crippen LogP contribution is -2.12. The Morgan fingerprint density at radius 1 is 1.24 bits per heavy atom. The summed E-state index contributed by atoms with van der Waals surface area (Å²) in [5.41, 5.74) is 7.49. The maximum absolute atomic E-state index is 9.82. The molecule has 0 atom stereocenters. The molecule has 2 rings (SSSR count). The van der Waals surface area contributed by atoms with E-state index in [2.05, 4.69) is 9.97 Å². The van der Waals surface area contributed by atoms with Crippen molar-refractivity contribution in [1.29, 1.82) is 0 Å². The largest absolute Gasteiger partial charge is 0.507 e. The molecule has 0 saturated heterocycles. The third-order valence-electron chi connectivity index (χ3n) is 2.37. The molecule has 5 nitrogen and oxygen atoms in total. The van der Waals surface area contributed by atoms with Crippen molar-refractivity contribution in [3.63, 3.8) is 0 Å². The molecule has 0 amide bonds. The summed E-state index contributed by atoms with van der Waals surface area (Å²) in [4.78, 5) is 10.2. The Morgan fingerprint density at radius 2 is 2.00 bits per heavy atom. The third-order valence-corrected chi connectivity index (χ3v) is 2.37. The highest BCUT2D eigenvalue weighted by Crippen LogP contribution is 2.33. The number of nitrogen functional groups attached to an aromatic ring is 1. The molecule has 0 aliphatic heterocycles. The summed E-state index contributed by atoms with van der Waals surface area (Å²) in [7, 11) is 3.71. The van der Waals surface area contributed by atoms with Crippen LogP contribution in [0.1, 0.15) is 0 Å². The van der Waals surface area contributed by atoms with Gasteiger partial charge in [0.15, 0.2) is 0 Å². The highest BCUT2D eigenvalue weighted by atomic mass is 16.3. The first-order chi connectivity index (χ1) is 8.09. The molecule has 0 radical (unpaired) electrons. The first kappa shape index (κ1) is 11.2. The molecule has 0 aliphatic carbocycles. The van der Waals surface area contributed by atoms with E-state index in [1.807, 2.05) is 14.1 Å². The van der Waals surface area contributed by atoms with Crippen LogP contribution in [0.2, 0.25) is 0 Å². The summed E-state index contributed by atoms with van der Waals surface area (Å²) >= 11 is 0. The van der Waals surface area contributed by atoms with Crippen LogP contribution < -0.4 is 10.6 Å². The molecule has 0 bridgehead atoms. The van der Waals surface area contributed by atoms with Gasteiger partial charge in [0.05, 0.1) is 11.3 Å². The Hall–Kier alpha value is -2.30. The van der Waals surface area contributed by atoms with Gasteiger partial charge in [0.1, 0.15) is 5.75 Å². The van der Waals surface area contributed by atoms with Gasteiger partial charge in [-0.25, -0.2) is 9.97 Å². The standard InChI is InChI=1S/C12H14N4O/c1-16(2)12-14-7-6-9(15-12)11-8(13)4-3-5-10(11)17/h3-7,17H,13H2,1-2H3. The molecule has 2 aromatic rings. The molecule has 3 N–H and O–H groups in total. The van der Waals surface area contributed by atoms with Crippen LogP contribution in [-0.2, 0) is 0 Å². The fourth-order valence-electron chi connectivity index (χ4n) is 1.54. The van der Waals surface area contributed by atoms with Crippen molar-refractivity contribution in [2.45, 2.75) is 0 Å². The Morgan fingerprint density at radius 3 is 2.65 bits per heavy atom. The summed E-state index contributed by atoms with van der Waals surface area (Å²) in [6.45, 7) is 0. The van der Waals surface area contributed by atoms with E-state index in [0.717, 1.165) is 0 Å². The minimum absolute atomic E-state index is 0.119. The van der Waals surface area contributed by atoms with Crippen molar-refractivity contribution >= 4 is 11.6 Å². The maximum Gasteiger partial charge on any atom is 0.225 e. The molecule has 1 heterocycles. The number of benzene rings is 1. The Bertz CT molecular complexity index is 520. The predicted octanol–water partition coefficient (Wildman–Crippen LogP) is 1.50. The summed E-state index contributed by atoms with van der Waals surface area (Å²) in [6.07, 6.45) is 1.64. The molecule has 0 aliphatic rings. The van der Waals surface area contributed by atoms with Gasteiger partial charge in [-0.1, -0.05) is 6.07 Å². The van der Waals surface area contributed by atoms with Gasteiger partial charge >= 0.3 is 0 Å². The summed E-state index contributed by atoms with van der Waals surface area (Å²) in [6, 6.07) is 6.73. The van der Waals surface area contributed by atoms with Gasteiger partial charge in [-0.3, -0.25) is 0 Å². The minimum atomic E-state index is 0.119. The number of phenols is 1. The number of nitrogens with zero attached hydrogens (tertiary/aromatic N) is 3. The highest BCUT2D eigenvalue weighted by molar-refractivity contribution is 5.79. The number of aromatic hydroxyl groups is 1. The topological polar surface area (TPSA) is 75.3 Å². The van der Waals surface area contributed by atoms with Crippen LogP contribution in [0.15, 0.2) is 30.5 Å². The number of anilines is 2. The van der Waals surface area contributed by atoms with Crippen molar-refractivity contribution in [3.05, 3.63) is 30.5 Å². The van der Waals surface area contributed by atoms with Crippen LogP contribution >= 0.6 is 0 Å². The molecule has 0 unspecified atom stereocenters. The van der Waals surface area contributed by atoms with Crippen molar-refractivity contribution < 1.29 is 5.11 Å². The van der Waals surface area contributed by atoms with Crippen molar-refractivity contribution in [3.8, 4) is 17.0 Å². The SMILES string of the molecule is CN(C)c1nccc(-c2c(N)cccc2O)n1. The van der Waals surface area contributed by atoms with Gasteiger partial charge in [-0.2, -0.15) is 0 Å². The molecule has 5 heteroatoms. The fourth-order valence-corrected chi connectivity index (χ4v) is 1.54. The summed E-state index contributed by atoms with van der Waals surface area (Å²) in [5.74, 6) is 0.693. The van der Waals surface area contributed by atoms with Gasteiger partial charge in [0.2, 0.25) is 5.95 Å². The lowest BCUT2D eigenvalue weighted by Gasteiger charge is -2.12. The van der Waals surface area contributed by atoms with E-state index in [0.29, 0.717) is 22.9 Å². The smallest absolute Gasteiger partial charge is 0.225 e. The number of nitrogens with two attached hydrogens (primary N) is 1. The quantitative estimate of drug-likeness (QED) is 0.765. The number of aromatic nitrogens is 2. The van der Waals surface area contributed by atoms with Crippen LogP contribution in [0.5, 0.6) is 5.75 Å². The molecule has 17 heavy (non-hydrogen) atoms. The molecule has 88 valence electrons. The third kappa shape index (κ3) is 2.13. The zero-order chi connectivity index (χ0) is 12.4. The van der Waals surface area contributed by atoms with E-state index in [-0.39, 0.29) is 5.75 Å². The zero-order valence-corrected chi connectivity index (χ0v) is 9.75. The molecule has 1 aromatic heterocycles. The molecule has 0 fully saturated rings. The molecule has 0 spiro atoms. The lowest BCUT2D eigenvalue weighted by atomic mass is 10.1. The van der Waals surface area contributed by atoms with E-state index < -0.39 is 0 Å². The second kappa shape index (κ2) is 4.29. The predicted molar refractivity (Wildman–Crippen MR) is 67.9 cm³/mol. The van der Waals surface area contributed by atoms with Crippen LogP contribution in [0, 0.1) is 0 Å². The molecular formula is C12H14N4O. The fraction of sp³-hybridized carbons (Fsp3) is 0.167. The Kier molecular flexibility index (Phi) is 2.82. The minimum Gasteiger partial charge on any atom is -0.507 e. The number of hydrogen-bond donors (Lipinski definition) is 2. The van der Waals surface area contributed by atoms with Crippen molar-refractivity contribution in [2.24, 2.45) is 0 Å². The van der Waals surface area contributed by atoms with E-state index in [1.54, 1.807) is 35.4 Å². The van der Waals surface area contributed by atoms with Crippen LogP contribution in [0.4, 0.5) is 11.6 Å². The monoisotopic (exact) mass is 230 g/mol. The van der Waals surface area contributed by atoms with Gasteiger partial charge in [-0.15, -0.1) is 0 Å². The highest BCUT2D eigenvalue weighted by Gasteiger charge is 2.10. The second-order valence-corrected chi connectivity index (χ2v) is 3.88. The maximum atomic E-state index is 9.82. The first-order valence-electron chi connectivity index (χ1n) is 5.18. The second-order valence-electron chi connectivity index (χ2n) is 3.88. The van der Waals surface area contributed by atoms with Gasteiger partial charge in [0, 0.05) is 26.0 Å². The van der Waals surface area contributed by atoms with Gasteiger partial charge < -0.3 is 15.7 Å². The van der Waals surface area contributed by atoms with Crippen LogP contribution in [0.25, 0.3) is 11.3 Å². The molecule has 0 saturated carbocycles. The lowest BCUT2D eigenvalue weighted by molar-refractivity contribution is 0.477. The van der Waals surface area contributed by atoms with E-state index in [9.17, 15) is 5.11 Å². The van der Waals surface area contributed by atoms with Gasteiger partial charge in [0.25, 0.3) is 0 Å². The van der Waals surface area contributed by atoms with Crippen molar-refractivity contribution in [2.75, 3.05) is 24.7 Å². The Labute approximate surface area is 99.6 Å². The summed E-state index contributed by atoms with van der Waals surface area (Å²) < 4.78 is 0. The number of hydrogen-bond acceptors (Lipinski definition) is 5. The average molecular weight is 230 g/mol. The number of phenolic OH excluding ortho intramolecular Hbond substituents is 1. The van der Waals surface area contributed by atoms with Crippen LogP contribution in [0.3, 0.4) is 0 Å². The normalized spacial score (nSPS) is 10.2. The average Bonchev–Trinajstić information content (AvgIpc) is 2.29. The Balaban J connectivity index is 2.57. The molecular weight excluding hydrogens is 216 g/mol. The van der Waals surface area contributed by atoms with Gasteiger partial charge in [-0.05, 0) is 18.2 Å². The summed E-state index contributed by atoms with van der Waals surface area (Å²) in [5, 5.41) is 9.82.